The number of carbonyl (C=O) groups is 2. The Kier molecular flexibility index (Phi) is 6.16. The molecule has 0 aliphatic rings. The normalized spacial score (nSPS) is 11.4. The maximum Gasteiger partial charge on any atom is 0.237 e. The highest BCUT2D eigenvalue weighted by Crippen LogP contribution is 1.88. The van der Waals surface area contributed by atoms with Crippen LogP contribution in [-0.2, 0) is 9.59 Å². The predicted octanol–water partition coefficient (Wildman–Crippen LogP) is -1.28. The molecule has 78 valence electrons. The maximum absolute atomic E-state index is 11.1. The van der Waals surface area contributed by atoms with Crippen molar-refractivity contribution in [3.8, 4) is 12.3 Å². The molecule has 0 spiro atoms. The molecule has 0 saturated heterocycles. The molecule has 0 fully saturated rings. The second-order valence-corrected chi connectivity index (χ2v) is 2.88. The van der Waals surface area contributed by atoms with Crippen molar-refractivity contribution < 1.29 is 9.59 Å². The van der Waals surface area contributed by atoms with Crippen LogP contribution in [0.3, 0.4) is 0 Å². The van der Waals surface area contributed by atoms with Crippen LogP contribution in [-0.4, -0.2) is 24.4 Å². The molecular formula is C9H15N3O2. The summed E-state index contributed by atoms with van der Waals surface area (Å²) in [5.41, 5.74) is 10.3. The summed E-state index contributed by atoms with van der Waals surface area (Å²) >= 11 is 0. The van der Waals surface area contributed by atoms with Gasteiger partial charge in [-0.15, -0.1) is 12.3 Å². The van der Waals surface area contributed by atoms with Gasteiger partial charge in [0.25, 0.3) is 0 Å². The molecule has 0 rings (SSSR count). The molecule has 5 nitrogen and oxygen atoms in total. The number of terminal acetylenes is 1. The number of nitrogens with two attached hydrogens (primary N) is 2. The fraction of sp³-hybridized carbons (Fsp3) is 0.556. The summed E-state index contributed by atoms with van der Waals surface area (Å²) in [6.07, 6.45) is 5.97. The molecule has 5 heteroatoms. The Morgan fingerprint density at radius 1 is 1.50 bits per heavy atom. The molecule has 0 aromatic rings. The minimum absolute atomic E-state index is 0.210. The third-order valence-corrected chi connectivity index (χ3v) is 1.57. The molecule has 0 radical (unpaired) electrons. The van der Waals surface area contributed by atoms with Gasteiger partial charge in [0.2, 0.25) is 11.8 Å². The summed E-state index contributed by atoms with van der Waals surface area (Å²) in [5, 5.41) is 2.56. The van der Waals surface area contributed by atoms with E-state index in [9.17, 15) is 9.59 Å². The van der Waals surface area contributed by atoms with Gasteiger partial charge < -0.3 is 16.8 Å². The molecule has 0 bridgehead atoms. The Bertz CT molecular complexity index is 245. The standard InChI is InChI=1S/C9H15N3O2/c1-2-4-7(10)9(14)12-6-3-5-8(11)13/h1,7H,3-6,10H2,(H2,11,13)(H,12,14). The zero-order valence-corrected chi connectivity index (χ0v) is 7.95. The van der Waals surface area contributed by atoms with E-state index in [2.05, 4.69) is 11.2 Å². The van der Waals surface area contributed by atoms with Gasteiger partial charge in [-0.3, -0.25) is 9.59 Å². The van der Waals surface area contributed by atoms with Gasteiger partial charge in [-0.2, -0.15) is 0 Å². The molecule has 0 aliphatic carbocycles. The maximum atomic E-state index is 11.1. The molecule has 0 aromatic heterocycles. The molecule has 1 atom stereocenters. The van der Waals surface area contributed by atoms with E-state index in [1.807, 2.05) is 0 Å². The van der Waals surface area contributed by atoms with E-state index in [0.29, 0.717) is 13.0 Å². The van der Waals surface area contributed by atoms with Gasteiger partial charge in [0.15, 0.2) is 0 Å². The smallest absolute Gasteiger partial charge is 0.237 e. The van der Waals surface area contributed by atoms with Crippen molar-refractivity contribution in [1.82, 2.24) is 5.32 Å². The second kappa shape index (κ2) is 6.92. The molecule has 2 amide bonds. The van der Waals surface area contributed by atoms with E-state index in [-0.39, 0.29) is 24.7 Å². The van der Waals surface area contributed by atoms with E-state index in [4.69, 9.17) is 17.9 Å². The number of rotatable bonds is 6. The highest BCUT2D eigenvalue weighted by atomic mass is 16.2. The third-order valence-electron chi connectivity index (χ3n) is 1.57. The van der Waals surface area contributed by atoms with Gasteiger partial charge in [-0.1, -0.05) is 0 Å². The number of hydrogen-bond donors (Lipinski definition) is 3. The van der Waals surface area contributed by atoms with Crippen LogP contribution in [0, 0.1) is 12.3 Å². The lowest BCUT2D eigenvalue weighted by atomic mass is 10.2. The topological polar surface area (TPSA) is 98.2 Å². The van der Waals surface area contributed by atoms with Gasteiger partial charge >= 0.3 is 0 Å². The quantitative estimate of drug-likeness (QED) is 0.365. The number of amides is 2. The third kappa shape index (κ3) is 6.03. The van der Waals surface area contributed by atoms with Gasteiger partial charge in [0.05, 0.1) is 6.04 Å². The Hall–Kier alpha value is -1.54. The molecule has 14 heavy (non-hydrogen) atoms. The molecular weight excluding hydrogens is 182 g/mol. The lowest BCUT2D eigenvalue weighted by molar-refractivity contribution is -0.122. The molecule has 0 saturated carbocycles. The zero-order chi connectivity index (χ0) is 11.0. The number of primary amides is 1. The van der Waals surface area contributed by atoms with E-state index >= 15 is 0 Å². The first-order chi connectivity index (χ1) is 6.57. The fourth-order valence-electron chi connectivity index (χ4n) is 0.825. The monoisotopic (exact) mass is 197 g/mol. The number of carbonyl (C=O) groups excluding carboxylic acids is 2. The van der Waals surface area contributed by atoms with Crippen molar-refractivity contribution in [2.75, 3.05) is 6.54 Å². The minimum Gasteiger partial charge on any atom is -0.370 e. The summed E-state index contributed by atoms with van der Waals surface area (Å²) in [6.45, 7) is 0.389. The van der Waals surface area contributed by atoms with Crippen LogP contribution in [0.5, 0.6) is 0 Å². The first-order valence-corrected chi connectivity index (χ1v) is 4.33. The lowest BCUT2D eigenvalue weighted by Crippen LogP contribution is -2.40. The van der Waals surface area contributed by atoms with Crippen molar-refractivity contribution in [2.24, 2.45) is 11.5 Å². The van der Waals surface area contributed by atoms with Crippen molar-refractivity contribution in [3.63, 3.8) is 0 Å². The molecule has 5 N–H and O–H groups in total. The Morgan fingerprint density at radius 3 is 2.64 bits per heavy atom. The highest BCUT2D eigenvalue weighted by molar-refractivity contribution is 5.81. The summed E-state index contributed by atoms with van der Waals surface area (Å²) in [6, 6.07) is -0.673. The highest BCUT2D eigenvalue weighted by Gasteiger charge is 2.10. The Labute approximate surface area is 83.2 Å². The van der Waals surface area contributed by atoms with Gasteiger partial charge in [-0.25, -0.2) is 0 Å². The van der Waals surface area contributed by atoms with Crippen LogP contribution in [0.4, 0.5) is 0 Å². The fourth-order valence-corrected chi connectivity index (χ4v) is 0.825. The predicted molar refractivity (Wildman–Crippen MR) is 52.9 cm³/mol. The summed E-state index contributed by atoms with van der Waals surface area (Å²) < 4.78 is 0. The van der Waals surface area contributed by atoms with Crippen molar-refractivity contribution in [2.45, 2.75) is 25.3 Å². The van der Waals surface area contributed by atoms with Crippen LogP contribution in [0.1, 0.15) is 19.3 Å². The van der Waals surface area contributed by atoms with Gasteiger partial charge in [0, 0.05) is 19.4 Å². The van der Waals surface area contributed by atoms with Crippen LogP contribution in [0.2, 0.25) is 0 Å². The zero-order valence-electron chi connectivity index (χ0n) is 7.95. The second-order valence-electron chi connectivity index (χ2n) is 2.88. The summed E-state index contributed by atoms with van der Waals surface area (Å²) in [7, 11) is 0. The van der Waals surface area contributed by atoms with Crippen molar-refractivity contribution in [1.29, 1.82) is 0 Å². The van der Waals surface area contributed by atoms with Crippen molar-refractivity contribution >= 4 is 11.8 Å². The summed E-state index contributed by atoms with van der Waals surface area (Å²) in [5.74, 6) is 1.62. The van der Waals surface area contributed by atoms with Crippen LogP contribution in [0.15, 0.2) is 0 Å². The molecule has 0 aliphatic heterocycles. The SMILES string of the molecule is C#CCC(N)C(=O)NCCCC(N)=O. The van der Waals surface area contributed by atoms with E-state index < -0.39 is 6.04 Å². The first-order valence-electron chi connectivity index (χ1n) is 4.33. The molecule has 0 heterocycles. The lowest BCUT2D eigenvalue weighted by Gasteiger charge is -2.08. The van der Waals surface area contributed by atoms with Crippen molar-refractivity contribution in [3.05, 3.63) is 0 Å². The van der Waals surface area contributed by atoms with Gasteiger partial charge in [0.1, 0.15) is 0 Å². The molecule has 1 unspecified atom stereocenters. The van der Waals surface area contributed by atoms with E-state index in [1.165, 1.54) is 0 Å². The Morgan fingerprint density at radius 2 is 2.14 bits per heavy atom. The summed E-state index contributed by atoms with van der Waals surface area (Å²) in [4.78, 5) is 21.5. The van der Waals surface area contributed by atoms with E-state index in [0.717, 1.165) is 0 Å². The van der Waals surface area contributed by atoms with Crippen LogP contribution >= 0.6 is 0 Å². The first kappa shape index (κ1) is 12.5. The van der Waals surface area contributed by atoms with Crippen LogP contribution < -0.4 is 16.8 Å². The Balaban J connectivity index is 3.54. The molecule has 0 aromatic carbocycles. The average molecular weight is 197 g/mol. The minimum atomic E-state index is -0.673. The average Bonchev–Trinajstić information content (AvgIpc) is 2.12. The number of hydrogen-bond acceptors (Lipinski definition) is 3. The van der Waals surface area contributed by atoms with E-state index in [1.54, 1.807) is 0 Å². The number of nitrogens with one attached hydrogen (secondary N) is 1. The largest absolute Gasteiger partial charge is 0.370 e. The van der Waals surface area contributed by atoms with Crippen LogP contribution in [0.25, 0.3) is 0 Å². The van der Waals surface area contributed by atoms with Gasteiger partial charge in [-0.05, 0) is 6.42 Å².